The molecular weight excluding hydrogens is 233 g/mol. The molecule has 4 N–H and O–H groups in total. The van der Waals surface area contributed by atoms with Crippen LogP contribution < -0.4 is 11.5 Å². The van der Waals surface area contributed by atoms with Crippen molar-refractivity contribution in [3.63, 3.8) is 0 Å². The van der Waals surface area contributed by atoms with E-state index < -0.39 is 0 Å². The summed E-state index contributed by atoms with van der Waals surface area (Å²) in [5.41, 5.74) is 12.8. The van der Waals surface area contributed by atoms with E-state index in [9.17, 15) is 4.39 Å². The molecule has 0 radical (unpaired) electrons. The third kappa shape index (κ3) is 3.13. The predicted octanol–water partition coefficient (Wildman–Crippen LogP) is 1.18. The molecule has 0 aromatic heterocycles. The van der Waals surface area contributed by atoms with Crippen LogP contribution in [0.5, 0.6) is 0 Å². The standard InChI is InChI=1S/C12H16FN5/c1-7-6-8(4-5-9(7)13)18-12(15)10(16-2)11(14)17-3/h4-6H,1-3H3,(H2,14,17)(H2,15,18). The molecule has 0 saturated carbocycles. The second kappa shape index (κ2) is 5.90. The molecule has 0 aliphatic carbocycles. The summed E-state index contributed by atoms with van der Waals surface area (Å²) in [4.78, 5) is 11.9. The van der Waals surface area contributed by atoms with Gasteiger partial charge in [0.05, 0.1) is 5.69 Å². The molecule has 0 heterocycles. The number of rotatable bonds is 3. The topological polar surface area (TPSA) is 89.1 Å². The Hall–Kier alpha value is -2.24. The van der Waals surface area contributed by atoms with Gasteiger partial charge in [0.15, 0.2) is 5.84 Å². The van der Waals surface area contributed by atoms with Crippen LogP contribution in [0.4, 0.5) is 10.1 Å². The van der Waals surface area contributed by atoms with Gasteiger partial charge in [0.25, 0.3) is 0 Å². The molecule has 1 rings (SSSR count). The van der Waals surface area contributed by atoms with Gasteiger partial charge in [0, 0.05) is 14.1 Å². The Morgan fingerprint density at radius 1 is 1.11 bits per heavy atom. The second-order valence-electron chi connectivity index (χ2n) is 3.61. The Kier molecular flexibility index (Phi) is 4.53. The van der Waals surface area contributed by atoms with Gasteiger partial charge in [0.1, 0.15) is 17.4 Å². The zero-order valence-electron chi connectivity index (χ0n) is 10.6. The zero-order valence-corrected chi connectivity index (χ0v) is 10.6. The van der Waals surface area contributed by atoms with E-state index in [1.807, 2.05) is 0 Å². The lowest BCUT2D eigenvalue weighted by Crippen LogP contribution is -2.35. The summed E-state index contributed by atoms with van der Waals surface area (Å²) in [6, 6.07) is 4.46. The van der Waals surface area contributed by atoms with Crippen LogP contribution in [0.1, 0.15) is 5.56 Å². The number of hydrogen-bond acceptors (Lipinski definition) is 3. The first-order valence-electron chi connectivity index (χ1n) is 5.29. The minimum absolute atomic E-state index is 0.145. The molecule has 6 heteroatoms. The average Bonchev–Trinajstić information content (AvgIpc) is 2.34. The molecule has 0 fully saturated rings. The predicted molar refractivity (Wildman–Crippen MR) is 73.3 cm³/mol. The Labute approximate surface area is 105 Å². The van der Waals surface area contributed by atoms with Gasteiger partial charge in [-0.1, -0.05) is 0 Å². The van der Waals surface area contributed by atoms with Crippen molar-refractivity contribution in [1.82, 2.24) is 0 Å². The van der Waals surface area contributed by atoms with Crippen LogP contribution in [0, 0.1) is 12.7 Å². The van der Waals surface area contributed by atoms with E-state index in [1.165, 1.54) is 19.2 Å². The highest BCUT2D eigenvalue weighted by molar-refractivity contribution is 6.67. The van der Waals surface area contributed by atoms with E-state index in [-0.39, 0.29) is 17.5 Å². The van der Waals surface area contributed by atoms with Crippen molar-refractivity contribution in [3.05, 3.63) is 29.6 Å². The molecule has 18 heavy (non-hydrogen) atoms. The molecule has 0 aliphatic rings. The average molecular weight is 249 g/mol. The molecule has 0 aliphatic heterocycles. The number of hydrogen-bond donors (Lipinski definition) is 2. The number of halogens is 1. The maximum atomic E-state index is 13.1. The van der Waals surface area contributed by atoms with E-state index in [0.717, 1.165) is 0 Å². The fraction of sp³-hybridized carbons (Fsp3) is 0.250. The molecule has 0 bridgehead atoms. The van der Waals surface area contributed by atoms with Gasteiger partial charge in [-0.15, -0.1) is 0 Å². The summed E-state index contributed by atoms with van der Waals surface area (Å²) in [7, 11) is 3.08. The molecule has 0 amide bonds. The summed E-state index contributed by atoms with van der Waals surface area (Å²) in [6.45, 7) is 1.65. The van der Waals surface area contributed by atoms with E-state index in [4.69, 9.17) is 11.5 Å². The SMILES string of the molecule is CN=C(N)C(=NC)C(N)=Nc1ccc(F)c(C)c1. The maximum absolute atomic E-state index is 13.1. The number of nitrogens with zero attached hydrogens (tertiary/aromatic N) is 3. The Bertz CT molecular complexity index is 531. The smallest absolute Gasteiger partial charge is 0.153 e. The van der Waals surface area contributed by atoms with E-state index in [1.54, 1.807) is 20.0 Å². The van der Waals surface area contributed by atoms with Crippen LogP contribution in [0.25, 0.3) is 0 Å². The number of aliphatic imine (C=N–C) groups is 3. The molecular formula is C12H16FN5. The van der Waals surface area contributed by atoms with Crippen molar-refractivity contribution in [2.75, 3.05) is 14.1 Å². The van der Waals surface area contributed by atoms with Crippen LogP contribution in [-0.2, 0) is 0 Å². The molecule has 0 atom stereocenters. The van der Waals surface area contributed by atoms with Crippen molar-refractivity contribution >= 4 is 23.1 Å². The second-order valence-corrected chi connectivity index (χ2v) is 3.61. The van der Waals surface area contributed by atoms with Crippen molar-refractivity contribution in [1.29, 1.82) is 0 Å². The molecule has 1 aromatic rings. The number of nitrogens with two attached hydrogens (primary N) is 2. The number of benzene rings is 1. The number of amidine groups is 2. The minimum Gasteiger partial charge on any atom is -0.382 e. The van der Waals surface area contributed by atoms with Gasteiger partial charge in [-0.25, -0.2) is 9.38 Å². The molecule has 0 unspecified atom stereocenters. The van der Waals surface area contributed by atoms with Gasteiger partial charge >= 0.3 is 0 Å². The van der Waals surface area contributed by atoms with Crippen molar-refractivity contribution in [2.45, 2.75) is 6.92 Å². The van der Waals surface area contributed by atoms with Crippen LogP contribution in [0.15, 0.2) is 33.2 Å². The van der Waals surface area contributed by atoms with Crippen LogP contribution >= 0.6 is 0 Å². The van der Waals surface area contributed by atoms with Crippen molar-refractivity contribution < 1.29 is 4.39 Å². The van der Waals surface area contributed by atoms with Crippen molar-refractivity contribution in [3.8, 4) is 0 Å². The molecule has 0 saturated heterocycles. The van der Waals surface area contributed by atoms with Gasteiger partial charge < -0.3 is 11.5 Å². The molecule has 96 valence electrons. The van der Waals surface area contributed by atoms with Gasteiger partial charge in [-0.2, -0.15) is 0 Å². The Morgan fingerprint density at radius 2 is 1.78 bits per heavy atom. The summed E-state index contributed by atoms with van der Waals surface area (Å²) in [6.07, 6.45) is 0. The highest BCUT2D eigenvalue weighted by Crippen LogP contribution is 2.16. The molecule has 0 spiro atoms. The quantitative estimate of drug-likeness (QED) is 0.622. The van der Waals surface area contributed by atoms with E-state index in [2.05, 4.69) is 15.0 Å². The molecule has 1 aromatic carbocycles. The Morgan fingerprint density at radius 3 is 2.28 bits per heavy atom. The zero-order chi connectivity index (χ0) is 13.7. The Balaban J connectivity index is 3.12. The summed E-state index contributed by atoms with van der Waals surface area (Å²) >= 11 is 0. The number of aryl methyl sites for hydroxylation is 1. The normalized spacial score (nSPS) is 13.9. The maximum Gasteiger partial charge on any atom is 0.153 e. The highest BCUT2D eigenvalue weighted by atomic mass is 19.1. The lowest BCUT2D eigenvalue weighted by atomic mass is 10.2. The van der Waals surface area contributed by atoms with E-state index >= 15 is 0 Å². The first-order chi connectivity index (χ1) is 8.49. The van der Waals surface area contributed by atoms with Crippen LogP contribution in [0.2, 0.25) is 0 Å². The lowest BCUT2D eigenvalue weighted by Gasteiger charge is -2.04. The van der Waals surface area contributed by atoms with Crippen LogP contribution in [-0.4, -0.2) is 31.5 Å². The monoisotopic (exact) mass is 249 g/mol. The summed E-state index contributed by atoms with van der Waals surface area (Å²) < 4.78 is 13.1. The fourth-order valence-electron chi connectivity index (χ4n) is 1.36. The third-order valence-electron chi connectivity index (χ3n) is 2.34. The van der Waals surface area contributed by atoms with E-state index in [0.29, 0.717) is 17.0 Å². The summed E-state index contributed by atoms with van der Waals surface area (Å²) in [5, 5.41) is 0. The largest absolute Gasteiger partial charge is 0.382 e. The van der Waals surface area contributed by atoms with Gasteiger partial charge in [-0.3, -0.25) is 9.98 Å². The first kappa shape index (κ1) is 13.8. The van der Waals surface area contributed by atoms with Gasteiger partial charge in [0.2, 0.25) is 0 Å². The van der Waals surface area contributed by atoms with Crippen LogP contribution in [0.3, 0.4) is 0 Å². The van der Waals surface area contributed by atoms with Gasteiger partial charge in [-0.05, 0) is 30.7 Å². The lowest BCUT2D eigenvalue weighted by molar-refractivity contribution is 0.618. The third-order valence-corrected chi connectivity index (χ3v) is 2.34. The first-order valence-corrected chi connectivity index (χ1v) is 5.29. The fourth-order valence-corrected chi connectivity index (χ4v) is 1.36. The van der Waals surface area contributed by atoms with Crippen molar-refractivity contribution in [2.24, 2.45) is 26.4 Å². The molecule has 5 nitrogen and oxygen atoms in total. The highest BCUT2D eigenvalue weighted by Gasteiger charge is 2.09. The minimum atomic E-state index is -0.286. The summed E-state index contributed by atoms with van der Waals surface area (Å²) in [5.74, 6) is 0.0655.